The number of hydrogen-bond acceptors (Lipinski definition) is 6. The molecule has 1 amide bonds. The molecule has 1 unspecified atom stereocenters. The number of hydrogen-bond donors (Lipinski definition) is 1. The molecule has 0 spiro atoms. The van der Waals surface area contributed by atoms with Gasteiger partial charge in [-0.1, -0.05) is 6.07 Å². The molecule has 8 nitrogen and oxygen atoms in total. The van der Waals surface area contributed by atoms with E-state index in [-0.39, 0.29) is 18.9 Å². The van der Waals surface area contributed by atoms with Crippen molar-refractivity contribution in [2.45, 2.75) is 13.0 Å². The third kappa shape index (κ3) is 5.11. The van der Waals surface area contributed by atoms with E-state index in [1.54, 1.807) is 12.0 Å². The average molecular weight is 378 g/mol. The zero-order valence-corrected chi connectivity index (χ0v) is 15.6. The van der Waals surface area contributed by atoms with Gasteiger partial charge in [0.25, 0.3) is 0 Å². The van der Waals surface area contributed by atoms with Crippen molar-refractivity contribution in [3.8, 4) is 11.5 Å². The maximum Gasteiger partial charge on any atom is 0.308 e. The van der Waals surface area contributed by atoms with E-state index in [9.17, 15) is 9.59 Å². The third-order valence-corrected chi connectivity index (χ3v) is 4.93. The van der Waals surface area contributed by atoms with Crippen molar-refractivity contribution in [3.63, 3.8) is 0 Å². The molecule has 0 saturated carbocycles. The lowest BCUT2D eigenvalue weighted by molar-refractivity contribution is -0.141. The van der Waals surface area contributed by atoms with Gasteiger partial charge in [0.2, 0.25) is 5.91 Å². The molecule has 2 aliphatic heterocycles. The molecular formula is C19H26N2O6. The number of carboxylic acid groups (broad SMARTS) is 1. The number of ether oxygens (including phenoxy) is 3. The molecule has 3 rings (SSSR count). The SMILES string of the molecule is COc1cc(CN2CC(C(=O)O)CC2=O)ccc1OCCN1CCOCC1. The first-order valence-electron chi connectivity index (χ1n) is 9.17. The highest BCUT2D eigenvalue weighted by atomic mass is 16.5. The molecule has 0 aliphatic carbocycles. The number of rotatable bonds is 8. The monoisotopic (exact) mass is 378 g/mol. The van der Waals surface area contributed by atoms with Crippen LogP contribution < -0.4 is 9.47 Å². The van der Waals surface area contributed by atoms with Crippen LogP contribution in [0.25, 0.3) is 0 Å². The summed E-state index contributed by atoms with van der Waals surface area (Å²) in [6, 6.07) is 5.56. The summed E-state index contributed by atoms with van der Waals surface area (Å²) in [5, 5.41) is 9.08. The molecule has 2 aliphatic rings. The van der Waals surface area contributed by atoms with Crippen molar-refractivity contribution in [2.75, 3.05) is 53.1 Å². The fourth-order valence-corrected chi connectivity index (χ4v) is 3.35. The molecule has 2 saturated heterocycles. The highest BCUT2D eigenvalue weighted by Gasteiger charge is 2.34. The van der Waals surface area contributed by atoms with Gasteiger partial charge in [0.05, 0.1) is 26.2 Å². The Hall–Kier alpha value is -2.32. The summed E-state index contributed by atoms with van der Waals surface area (Å²) in [6.45, 7) is 5.35. The number of amides is 1. The number of methoxy groups -OCH3 is 1. The number of morpholine rings is 1. The largest absolute Gasteiger partial charge is 0.493 e. The fourth-order valence-electron chi connectivity index (χ4n) is 3.35. The molecular weight excluding hydrogens is 352 g/mol. The first-order chi connectivity index (χ1) is 13.1. The van der Waals surface area contributed by atoms with E-state index >= 15 is 0 Å². The Morgan fingerprint density at radius 2 is 2.07 bits per heavy atom. The molecule has 1 aromatic rings. The van der Waals surface area contributed by atoms with E-state index in [4.69, 9.17) is 19.3 Å². The second kappa shape index (κ2) is 9.05. The van der Waals surface area contributed by atoms with Gasteiger partial charge in [0.1, 0.15) is 6.61 Å². The topological polar surface area (TPSA) is 88.5 Å². The lowest BCUT2D eigenvalue weighted by Crippen LogP contribution is -2.38. The van der Waals surface area contributed by atoms with Crippen molar-refractivity contribution in [2.24, 2.45) is 5.92 Å². The second-order valence-electron chi connectivity index (χ2n) is 6.80. The number of carboxylic acids is 1. The Morgan fingerprint density at radius 1 is 1.30 bits per heavy atom. The van der Waals surface area contributed by atoms with Crippen molar-refractivity contribution in [3.05, 3.63) is 23.8 Å². The number of benzene rings is 1. The van der Waals surface area contributed by atoms with Gasteiger partial charge in [-0.2, -0.15) is 0 Å². The molecule has 1 atom stereocenters. The smallest absolute Gasteiger partial charge is 0.308 e. The van der Waals surface area contributed by atoms with Crippen molar-refractivity contribution < 1.29 is 28.9 Å². The summed E-state index contributed by atoms with van der Waals surface area (Å²) in [7, 11) is 1.58. The average Bonchev–Trinajstić information content (AvgIpc) is 3.04. The molecule has 1 N–H and O–H groups in total. The van der Waals surface area contributed by atoms with Gasteiger partial charge in [0.15, 0.2) is 11.5 Å². The number of nitrogens with zero attached hydrogens (tertiary/aromatic N) is 2. The number of carbonyl (C=O) groups excluding carboxylic acids is 1. The maximum absolute atomic E-state index is 12.0. The first-order valence-corrected chi connectivity index (χ1v) is 9.17. The molecule has 0 radical (unpaired) electrons. The van der Waals surface area contributed by atoms with E-state index in [1.807, 2.05) is 18.2 Å². The highest BCUT2D eigenvalue weighted by Crippen LogP contribution is 2.29. The van der Waals surface area contributed by atoms with Gasteiger partial charge in [-0.15, -0.1) is 0 Å². The summed E-state index contributed by atoms with van der Waals surface area (Å²) in [5.74, 6) is -0.414. The van der Waals surface area contributed by atoms with Gasteiger partial charge in [-0.25, -0.2) is 0 Å². The summed E-state index contributed by atoms with van der Waals surface area (Å²) >= 11 is 0. The Kier molecular flexibility index (Phi) is 6.52. The van der Waals surface area contributed by atoms with Crippen LogP contribution in [0.15, 0.2) is 18.2 Å². The molecule has 0 bridgehead atoms. The Bertz CT molecular complexity index is 674. The molecule has 2 fully saturated rings. The summed E-state index contributed by atoms with van der Waals surface area (Å²) < 4.78 is 16.6. The quantitative estimate of drug-likeness (QED) is 0.717. The van der Waals surface area contributed by atoms with Crippen LogP contribution in [-0.4, -0.2) is 79.9 Å². The number of aliphatic carboxylic acids is 1. The van der Waals surface area contributed by atoms with Crippen molar-refractivity contribution in [1.82, 2.24) is 9.80 Å². The molecule has 0 aromatic heterocycles. The van der Waals surface area contributed by atoms with E-state index in [1.165, 1.54) is 0 Å². The standard InChI is InChI=1S/C19H26N2O6/c1-25-17-10-14(12-21-13-15(19(23)24)11-18(21)22)2-3-16(17)27-9-6-20-4-7-26-8-5-20/h2-3,10,15H,4-9,11-13H2,1H3,(H,23,24). The van der Waals surface area contributed by atoms with Crippen LogP contribution in [0, 0.1) is 5.92 Å². The number of carbonyl (C=O) groups is 2. The zero-order chi connectivity index (χ0) is 19.2. The van der Waals surface area contributed by atoms with Crippen molar-refractivity contribution in [1.29, 1.82) is 0 Å². The number of likely N-dealkylation sites (tertiary alicyclic amines) is 1. The van der Waals surface area contributed by atoms with E-state index in [0.29, 0.717) is 24.7 Å². The van der Waals surface area contributed by atoms with Gasteiger partial charge >= 0.3 is 5.97 Å². The second-order valence-corrected chi connectivity index (χ2v) is 6.80. The summed E-state index contributed by atoms with van der Waals surface area (Å²) in [6.07, 6.45) is 0.0647. The summed E-state index contributed by atoms with van der Waals surface area (Å²) in [4.78, 5) is 26.9. The third-order valence-electron chi connectivity index (χ3n) is 4.93. The van der Waals surface area contributed by atoms with Crippen LogP contribution in [0.3, 0.4) is 0 Å². The molecule has 8 heteroatoms. The van der Waals surface area contributed by atoms with Gasteiger partial charge < -0.3 is 24.2 Å². The highest BCUT2D eigenvalue weighted by molar-refractivity contribution is 5.86. The van der Waals surface area contributed by atoms with Crippen molar-refractivity contribution >= 4 is 11.9 Å². The normalized spacial score (nSPS) is 20.7. The van der Waals surface area contributed by atoms with E-state index in [0.717, 1.165) is 38.4 Å². The van der Waals surface area contributed by atoms with Crippen LogP contribution >= 0.6 is 0 Å². The lowest BCUT2D eigenvalue weighted by Gasteiger charge is -2.26. The van der Waals surface area contributed by atoms with Crippen LogP contribution in [0.1, 0.15) is 12.0 Å². The zero-order valence-electron chi connectivity index (χ0n) is 15.6. The fraction of sp³-hybridized carbons (Fsp3) is 0.579. The van der Waals surface area contributed by atoms with E-state index in [2.05, 4.69) is 4.90 Å². The summed E-state index contributed by atoms with van der Waals surface area (Å²) in [5.41, 5.74) is 0.881. The van der Waals surface area contributed by atoms with Crippen LogP contribution in [0.2, 0.25) is 0 Å². The molecule has 2 heterocycles. The first kappa shape index (κ1) is 19.4. The Labute approximate surface area is 158 Å². The Balaban J connectivity index is 1.55. The predicted octanol–water partition coefficient (Wildman–Crippen LogP) is 0.839. The minimum Gasteiger partial charge on any atom is -0.493 e. The Morgan fingerprint density at radius 3 is 2.74 bits per heavy atom. The maximum atomic E-state index is 12.0. The van der Waals surface area contributed by atoms with Gasteiger partial charge in [-0.05, 0) is 17.7 Å². The van der Waals surface area contributed by atoms with E-state index < -0.39 is 11.9 Å². The predicted molar refractivity (Wildman–Crippen MR) is 96.9 cm³/mol. The minimum atomic E-state index is -0.924. The minimum absolute atomic E-state index is 0.0647. The molecule has 27 heavy (non-hydrogen) atoms. The molecule has 1 aromatic carbocycles. The van der Waals surface area contributed by atoms with Crippen LogP contribution in [-0.2, 0) is 20.9 Å². The van der Waals surface area contributed by atoms with Crippen LogP contribution in [0.5, 0.6) is 11.5 Å². The van der Waals surface area contributed by atoms with Gasteiger partial charge in [-0.3, -0.25) is 14.5 Å². The van der Waals surface area contributed by atoms with Gasteiger partial charge in [0, 0.05) is 39.1 Å². The molecule has 148 valence electrons. The lowest BCUT2D eigenvalue weighted by atomic mass is 10.1. The van der Waals surface area contributed by atoms with Crippen LogP contribution in [0.4, 0.5) is 0 Å².